The number of fused-ring (bicyclic) bond motifs is 1. The van der Waals surface area contributed by atoms with Crippen LogP contribution in [-0.2, 0) is 4.79 Å². The fourth-order valence-corrected chi connectivity index (χ4v) is 5.75. The smallest absolute Gasteiger partial charge is 0.266 e. The first-order valence-corrected chi connectivity index (χ1v) is 13.1. The number of carbonyl (C=O) groups excluding carboxylic acids is 1. The maximum atomic E-state index is 13.6. The lowest BCUT2D eigenvalue weighted by Gasteiger charge is -2.37. The second-order valence-electron chi connectivity index (χ2n) is 9.25. The largest absolute Gasteiger partial charge is 0.368 e. The van der Waals surface area contributed by atoms with Crippen molar-refractivity contribution in [1.82, 2.24) is 14.5 Å². The fourth-order valence-electron chi connectivity index (χ4n) is 4.75. The van der Waals surface area contributed by atoms with Gasteiger partial charge in [0.2, 0.25) is 5.91 Å². The SMILES string of the molecule is Cc1ccc(-n2c(SC(C)C(=O)N3CCN(c4ccccc4)CC3)nc3ccccc3c2=O)c(C)c1. The number of amides is 1. The van der Waals surface area contributed by atoms with Crippen LogP contribution in [0.1, 0.15) is 18.1 Å². The summed E-state index contributed by atoms with van der Waals surface area (Å²) < 4.78 is 1.67. The number of rotatable bonds is 5. The van der Waals surface area contributed by atoms with Gasteiger partial charge >= 0.3 is 0 Å². The minimum absolute atomic E-state index is 0.0716. The Morgan fingerprint density at radius 3 is 2.33 bits per heavy atom. The van der Waals surface area contributed by atoms with E-state index in [2.05, 4.69) is 23.1 Å². The van der Waals surface area contributed by atoms with Crippen molar-refractivity contribution >= 4 is 34.3 Å². The molecule has 6 nitrogen and oxygen atoms in total. The van der Waals surface area contributed by atoms with Crippen molar-refractivity contribution < 1.29 is 4.79 Å². The van der Waals surface area contributed by atoms with Crippen LogP contribution < -0.4 is 10.5 Å². The average molecular weight is 499 g/mol. The van der Waals surface area contributed by atoms with E-state index in [4.69, 9.17) is 4.98 Å². The minimum atomic E-state index is -0.377. The van der Waals surface area contributed by atoms with Gasteiger partial charge in [0.1, 0.15) is 0 Å². The predicted octanol–water partition coefficient (Wildman–Crippen LogP) is 4.83. The van der Waals surface area contributed by atoms with Gasteiger partial charge in [-0.15, -0.1) is 0 Å². The Balaban J connectivity index is 1.41. The molecule has 1 fully saturated rings. The van der Waals surface area contributed by atoms with Crippen LogP contribution in [0.3, 0.4) is 0 Å². The summed E-state index contributed by atoms with van der Waals surface area (Å²) in [5.74, 6) is 0.0716. The number of hydrogen-bond acceptors (Lipinski definition) is 5. The quantitative estimate of drug-likeness (QED) is 0.291. The van der Waals surface area contributed by atoms with Crippen LogP contribution >= 0.6 is 11.8 Å². The van der Waals surface area contributed by atoms with Gasteiger partial charge in [-0.2, -0.15) is 0 Å². The highest BCUT2D eigenvalue weighted by Gasteiger charge is 2.27. The highest BCUT2D eigenvalue weighted by Crippen LogP contribution is 2.28. The number of aromatic nitrogens is 2. The molecule has 1 saturated heterocycles. The van der Waals surface area contributed by atoms with E-state index >= 15 is 0 Å². The van der Waals surface area contributed by atoms with Crippen molar-refractivity contribution in [3.8, 4) is 5.69 Å². The molecule has 1 unspecified atom stereocenters. The Kier molecular flexibility index (Phi) is 6.83. The standard InChI is InChI=1S/C29H30N4O2S/c1-20-13-14-26(21(2)19-20)33-28(35)24-11-7-8-12-25(24)30-29(33)36-22(3)27(34)32-17-15-31(16-18-32)23-9-5-4-6-10-23/h4-14,19,22H,15-18H2,1-3H3. The number of piperazine rings is 1. The molecule has 0 saturated carbocycles. The molecule has 0 aliphatic carbocycles. The van der Waals surface area contributed by atoms with E-state index in [1.54, 1.807) is 10.6 Å². The summed E-state index contributed by atoms with van der Waals surface area (Å²) in [6.45, 7) is 8.89. The van der Waals surface area contributed by atoms with Crippen molar-refractivity contribution in [3.63, 3.8) is 0 Å². The molecule has 1 atom stereocenters. The molecule has 5 rings (SSSR count). The molecule has 4 aromatic rings. The third-order valence-electron chi connectivity index (χ3n) is 6.68. The summed E-state index contributed by atoms with van der Waals surface area (Å²) in [6.07, 6.45) is 0. The van der Waals surface area contributed by atoms with E-state index in [0.717, 1.165) is 29.9 Å². The summed E-state index contributed by atoms with van der Waals surface area (Å²) in [5, 5.41) is 0.727. The van der Waals surface area contributed by atoms with Crippen LogP contribution in [0.25, 0.3) is 16.6 Å². The zero-order chi connectivity index (χ0) is 25.2. The molecular formula is C29H30N4O2S. The van der Waals surface area contributed by atoms with Crippen LogP contribution in [0.15, 0.2) is 82.7 Å². The average Bonchev–Trinajstić information content (AvgIpc) is 2.90. The topological polar surface area (TPSA) is 58.4 Å². The van der Waals surface area contributed by atoms with Crippen molar-refractivity contribution in [2.45, 2.75) is 31.2 Å². The summed E-state index contributed by atoms with van der Waals surface area (Å²) in [5.41, 5.74) is 4.62. The first-order valence-electron chi connectivity index (χ1n) is 12.3. The summed E-state index contributed by atoms with van der Waals surface area (Å²) in [7, 11) is 0. The Hall–Kier alpha value is -3.58. The third kappa shape index (κ3) is 4.75. The van der Waals surface area contributed by atoms with E-state index in [-0.39, 0.29) is 16.7 Å². The Labute approximate surface area is 215 Å². The van der Waals surface area contributed by atoms with Gasteiger partial charge in [0.15, 0.2) is 5.16 Å². The molecule has 36 heavy (non-hydrogen) atoms. The van der Waals surface area contributed by atoms with Gasteiger partial charge in [0.05, 0.1) is 21.8 Å². The molecule has 3 aromatic carbocycles. The van der Waals surface area contributed by atoms with E-state index in [9.17, 15) is 9.59 Å². The molecule has 1 aromatic heterocycles. The Bertz CT molecular complexity index is 1460. The fraction of sp³-hybridized carbons (Fsp3) is 0.276. The van der Waals surface area contributed by atoms with Gasteiger partial charge in [-0.25, -0.2) is 4.98 Å². The lowest BCUT2D eigenvalue weighted by atomic mass is 10.1. The number of nitrogens with zero attached hydrogens (tertiary/aromatic N) is 4. The second kappa shape index (κ2) is 10.2. The first kappa shape index (κ1) is 24.1. The highest BCUT2D eigenvalue weighted by molar-refractivity contribution is 8.00. The van der Waals surface area contributed by atoms with Crippen LogP contribution in [0.5, 0.6) is 0 Å². The molecule has 0 N–H and O–H groups in total. The lowest BCUT2D eigenvalue weighted by molar-refractivity contribution is -0.130. The van der Waals surface area contributed by atoms with Gasteiger partial charge in [0.25, 0.3) is 5.56 Å². The summed E-state index contributed by atoms with van der Waals surface area (Å²) in [6, 6.07) is 23.7. The second-order valence-corrected chi connectivity index (χ2v) is 10.6. The first-order chi connectivity index (χ1) is 17.4. The monoisotopic (exact) mass is 498 g/mol. The molecule has 1 aliphatic rings. The molecule has 1 amide bonds. The van der Waals surface area contributed by atoms with Gasteiger partial charge in [0, 0.05) is 31.9 Å². The van der Waals surface area contributed by atoms with E-state index in [0.29, 0.717) is 29.1 Å². The van der Waals surface area contributed by atoms with Crippen LogP contribution in [0.4, 0.5) is 5.69 Å². The number of para-hydroxylation sites is 2. The molecule has 0 bridgehead atoms. The lowest BCUT2D eigenvalue weighted by Crippen LogP contribution is -2.50. The van der Waals surface area contributed by atoms with Crippen LogP contribution in [0.2, 0.25) is 0 Å². The highest BCUT2D eigenvalue weighted by atomic mass is 32.2. The van der Waals surface area contributed by atoms with Gasteiger partial charge in [-0.05, 0) is 56.7 Å². The molecular weight excluding hydrogens is 468 g/mol. The van der Waals surface area contributed by atoms with Gasteiger partial charge < -0.3 is 9.80 Å². The number of hydrogen-bond donors (Lipinski definition) is 0. The third-order valence-corrected chi connectivity index (χ3v) is 7.72. The van der Waals surface area contributed by atoms with Gasteiger partial charge in [-0.1, -0.05) is 59.8 Å². The van der Waals surface area contributed by atoms with Gasteiger partial charge in [-0.3, -0.25) is 14.2 Å². The van der Waals surface area contributed by atoms with Crippen molar-refractivity contribution in [1.29, 1.82) is 0 Å². The van der Waals surface area contributed by atoms with Crippen LogP contribution in [0, 0.1) is 13.8 Å². The maximum Gasteiger partial charge on any atom is 0.266 e. The number of thioether (sulfide) groups is 1. The summed E-state index contributed by atoms with van der Waals surface area (Å²) in [4.78, 5) is 36.1. The predicted molar refractivity (Wildman–Crippen MR) is 147 cm³/mol. The molecule has 0 spiro atoms. The van der Waals surface area contributed by atoms with Crippen molar-refractivity contribution in [2.24, 2.45) is 0 Å². The summed E-state index contributed by atoms with van der Waals surface area (Å²) >= 11 is 1.35. The van der Waals surface area contributed by atoms with Crippen molar-refractivity contribution in [2.75, 3.05) is 31.1 Å². The number of benzene rings is 3. The normalized spacial score (nSPS) is 14.8. The zero-order valence-electron chi connectivity index (χ0n) is 20.8. The molecule has 7 heteroatoms. The molecule has 0 radical (unpaired) electrons. The maximum absolute atomic E-state index is 13.6. The Morgan fingerprint density at radius 2 is 1.61 bits per heavy atom. The van der Waals surface area contributed by atoms with E-state index in [1.165, 1.54) is 17.4 Å². The number of carbonyl (C=O) groups is 1. The minimum Gasteiger partial charge on any atom is -0.368 e. The molecule has 184 valence electrons. The van der Waals surface area contributed by atoms with Crippen LogP contribution in [-0.4, -0.2) is 51.8 Å². The Morgan fingerprint density at radius 1 is 0.917 bits per heavy atom. The molecule has 2 heterocycles. The molecule has 1 aliphatic heterocycles. The zero-order valence-corrected chi connectivity index (χ0v) is 21.7. The van der Waals surface area contributed by atoms with E-state index in [1.807, 2.05) is 74.2 Å². The van der Waals surface area contributed by atoms with E-state index < -0.39 is 0 Å². The number of aryl methyl sites for hydroxylation is 2. The van der Waals surface area contributed by atoms with Crippen molar-refractivity contribution in [3.05, 3.63) is 94.3 Å². The number of anilines is 1.